The molecular weight excluding hydrogens is 152 g/mol. The summed E-state index contributed by atoms with van der Waals surface area (Å²) in [6, 6.07) is 0. The predicted molar refractivity (Wildman–Crippen MR) is 45.8 cm³/mol. The van der Waals surface area contributed by atoms with Crippen molar-refractivity contribution in [3.05, 3.63) is 17.0 Å². The zero-order valence-electron chi connectivity index (χ0n) is 7.38. The molecule has 0 atom stereocenters. The fourth-order valence-electron chi connectivity index (χ4n) is 1.17. The molecule has 0 aromatic carbocycles. The van der Waals surface area contributed by atoms with Gasteiger partial charge in [-0.2, -0.15) is 5.10 Å². The van der Waals surface area contributed by atoms with E-state index in [9.17, 15) is 4.79 Å². The first kappa shape index (κ1) is 8.54. The van der Waals surface area contributed by atoms with Gasteiger partial charge in [0.2, 0.25) is 5.78 Å². The van der Waals surface area contributed by atoms with Crippen LogP contribution < -0.4 is 0 Å². The molecule has 1 heterocycles. The lowest BCUT2D eigenvalue weighted by molar-refractivity contribution is 0.105. The van der Waals surface area contributed by atoms with E-state index in [1.165, 1.54) is 0 Å². The molecule has 0 bridgehead atoms. The fraction of sp³-hybridized carbons (Fsp3) is 0.333. The Labute approximate surface area is 71.4 Å². The maximum Gasteiger partial charge on any atom is 0.239 e. The molecule has 0 aliphatic heterocycles. The Hall–Kier alpha value is -1.56. The fourth-order valence-corrected chi connectivity index (χ4v) is 1.17. The molecule has 0 aliphatic carbocycles. The summed E-state index contributed by atoms with van der Waals surface area (Å²) in [5.74, 6) is 1.79. The highest BCUT2D eigenvalue weighted by atomic mass is 16.1. The quantitative estimate of drug-likeness (QED) is 0.348. The lowest BCUT2D eigenvalue weighted by Gasteiger charge is -1.93. The molecule has 0 saturated heterocycles. The van der Waals surface area contributed by atoms with Crippen LogP contribution in [0.2, 0.25) is 0 Å². The average molecular weight is 162 g/mol. The third-order valence-corrected chi connectivity index (χ3v) is 1.87. The average Bonchev–Trinajstić information content (AvgIpc) is 2.26. The van der Waals surface area contributed by atoms with Gasteiger partial charge in [-0.15, -0.1) is 6.42 Å². The number of hydrogen-bond donors (Lipinski definition) is 0. The van der Waals surface area contributed by atoms with Gasteiger partial charge in [-0.05, 0) is 19.8 Å². The first-order chi connectivity index (χ1) is 5.57. The van der Waals surface area contributed by atoms with Gasteiger partial charge >= 0.3 is 0 Å². The van der Waals surface area contributed by atoms with Crippen LogP contribution in [0.4, 0.5) is 0 Å². The zero-order chi connectivity index (χ0) is 9.30. The van der Waals surface area contributed by atoms with Crippen LogP contribution in [-0.4, -0.2) is 15.6 Å². The topological polar surface area (TPSA) is 34.9 Å². The molecule has 1 rings (SSSR count). The SMILES string of the molecule is C#CC(=O)c1c(C)nn(C)c1C. The largest absolute Gasteiger partial charge is 0.279 e. The highest BCUT2D eigenvalue weighted by Gasteiger charge is 2.14. The Morgan fingerprint density at radius 2 is 2.17 bits per heavy atom. The Morgan fingerprint density at radius 3 is 2.50 bits per heavy atom. The molecule has 0 fully saturated rings. The van der Waals surface area contributed by atoms with Crippen molar-refractivity contribution in [2.24, 2.45) is 7.05 Å². The van der Waals surface area contributed by atoms with Gasteiger partial charge in [-0.25, -0.2) is 0 Å². The molecule has 0 aliphatic rings. The van der Waals surface area contributed by atoms with E-state index in [2.05, 4.69) is 11.0 Å². The lowest BCUT2D eigenvalue weighted by atomic mass is 10.1. The van der Waals surface area contributed by atoms with E-state index in [-0.39, 0.29) is 5.78 Å². The Balaban J connectivity index is 3.34. The van der Waals surface area contributed by atoms with Crippen molar-refractivity contribution >= 4 is 5.78 Å². The second-order valence-corrected chi connectivity index (χ2v) is 2.64. The molecule has 0 N–H and O–H groups in total. The van der Waals surface area contributed by atoms with Gasteiger partial charge in [0, 0.05) is 12.7 Å². The van der Waals surface area contributed by atoms with Gasteiger partial charge < -0.3 is 0 Å². The molecule has 0 unspecified atom stereocenters. The van der Waals surface area contributed by atoms with Crippen molar-refractivity contribution in [3.63, 3.8) is 0 Å². The normalized spacial score (nSPS) is 9.50. The number of Topliss-reactive ketones (excluding diaryl/α,β-unsaturated/α-hetero) is 1. The van der Waals surface area contributed by atoms with E-state index < -0.39 is 0 Å². The van der Waals surface area contributed by atoms with Gasteiger partial charge in [0.1, 0.15) is 0 Å². The van der Waals surface area contributed by atoms with Crippen LogP contribution >= 0.6 is 0 Å². The van der Waals surface area contributed by atoms with Crippen LogP contribution in [0.1, 0.15) is 21.7 Å². The Kier molecular flexibility index (Phi) is 2.01. The molecule has 1 aromatic heterocycles. The smallest absolute Gasteiger partial charge is 0.239 e. The summed E-state index contributed by atoms with van der Waals surface area (Å²) >= 11 is 0. The molecule has 0 radical (unpaired) electrons. The third kappa shape index (κ3) is 1.12. The van der Waals surface area contributed by atoms with Crippen LogP contribution in [0.25, 0.3) is 0 Å². The number of carbonyl (C=O) groups excluding carboxylic acids is 1. The van der Waals surface area contributed by atoms with Crippen molar-refractivity contribution in [1.29, 1.82) is 0 Å². The molecule has 3 nitrogen and oxygen atoms in total. The molecule has 0 spiro atoms. The van der Waals surface area contributed by atoms with E-state index >= 15 is 0 Å². The van der Waals surface area contributed by atoms with E-state index in [0.29, 0.717) is 11.3 Å². The zero-order valence-corrected chi connectivity index (χ0v) is 7.38. The highest BCUT2D eigenvalue weighted by Crippen LogP contribution is 2.11. The van der Waals surface area contributed by atoms with Crippen LogP contribution in [-0.2, 0) is 7.05 Å². The van der Waals surface area contributed by atoms with Gasteiger partial charge in [-0.3, -0.25) is 9.48 Å². The Bertz CT molecular complexity index is 369. The number of ketones is 1. The monoisotopic (exact) mass is 162 g/mol. The van der Waals surface area contributed by atoms with Crippen LogP contribution in [0.3, 0.4) is 0 Å². The molecule has 0 saturated carbocycles. The molecular formula is C9H10N2O. The van der Waals surface area contributed by atoms with Crippen LogP contribution in [0.5, 0.6) is 0 Å². The van der Waals surface area contributed by atoms with E-state index in [0.717, 1.165) is 5.69 Å². The molecule has 0 amide bonds. The minimum atomic E-state index is -0.293. The number of rotatable bonds is 1. The van der Waals surface area contributed by atoms with Crippen LogP contribution in [0.15, 0.2) is 0 Å². The lowest BCUT2D eigenvalue weighted by Crippen LogP contribution is -1.99. The Morgan fingerprint density at radius 1 is 1.58 bits per heavy atom. The summed E-state index contributed by atoms with van der Waals surface area (Å²) in [6.07, 6.45) is 5.01. The standard InChI is InChI=1S/C9H10N2O/c1-5-8(12)9-6(2)10-11(4)7(9)3/h1H,2-4H3. The molecule has 62 valence electrons. The summed E-state index contributed by atoms with van der Waals surface area (Å²) < 4.78 is 1.65. The summed E-state index contributed by atoms with van der Waals surface area (Å²) in [5, 5.41) is 4.08. The number of hydrogen-bond acceptors (Lipinski definition) is 2. The second kappa shape index (κ2) is 2.82. The number of aryl methyl sites for hydroxylation is 2. The van der Waals surface area contributed by atoms with Gasteiger partial charge in [0.25, 0.3) is 0 Å². The van der Waals surface area contributed by atoms with Crippen molar-refractivity contribution in [3.8, 4) is 12.3 Å². The van der Waals surface area contributed by atoms with E-state index in [1.54, 1.807) is 18.7 Å². The summed E-state index contributed by atoms with van der Waals surface area (Å²) in [5.41, 5.74) is 2.06. The second-order valence-electron chi connectivity index (χ2n) is 2.64. The maximum absolute atomic E-state index is 11.2. The van der Waals surface area contributed by atoms with Crippen LogP contribution in [0, 0.1) is 26.2 Å². The first-order valence-electron chi connectivity index (χ1n) is 3.59. The van der Waals surface area contributed by atoms with E-state index in [4.69, 9.17) is 6.42 Å². The molecule has 3 heteroatoms. The maximum atomic E-state index is 11.2. The predicted octanol–water partition coefficient (Wildman–Crippen LogP) is 0.853. The first-order valence-corrected chi connectivity index (χ1v) is 3.59. The van der Waals surface area contributed by atoms with Crippen molar-refractivity contribution < 1.29 is 4.79 Å². The number of terminal acetylenes is 1. The highest BCUT2D eigenvalue weighted by molar-refractivity contribution is 6.10. The van der Waals surface area contributed by atoms with Gasteiger partial charge in [0.15, 0.2) is 0 Å². The third-order valence-electron chi connectivity index (χ3n) is 1.87. The minimum Gasteiger partial charge on any atom is -0.279 e. The number of nitrogens with zero attached hydrogens (tertiary/aromatic N) is 2. The number of aromatic nitrogens is 2. The van der Waals surface area contributed by atoms with Crippen molar-refractivity contribution in [2.45, 2.75) is 13.8 Å². The summed E-state index contributed by atoms with van der Waals surface area (Å²) in [7, 11) is 1.79. The van der Waals surface area contributed by atoms with E-state index in [1.807, 2.05) is 6.92 Å². The molecule has 1 aromatic rings. The van der Waals surface area contributed by atoms with Gasteiger partial charge in [-0.1, -0.05) is 0 Å². The summed E-state index contributed by atoms with van der Waals surface area (Å²) in [6.45, 7) is 3.60. The minimum absolute atomic E-state index is 0.293. The van der Waals surface area contributed by atoms with Crippen molar-refractivity contribution in [2.75, 3.05) is 0 Å². The molecule has 12 heavy (non-hydrogen) atoms. The van der Waals surface area contributed by atoms with Gasteiger partial charge in [0.05, 0.1) is 11.3 Å². The number of carbonyl (C=O) groups is 1. The van der Waals surface area contributed by atoms with Crippen molar-refractivity contribution in [1.82, 2.24) is 9.78 Å². The summed E-state index contributed by atoms with van der Waals surface area (Å²) in [4.78, 5) is 11.2.